The van der Waals surface area contributed by atoms with Gasteiger partial charge in [-0.2, -0.15) is 0 Å². The summed E-state index contributed by atoms with van der Waals surface area (Å²) in [6.07, 6.45) is 0.337. The maximum absolute atomic E-state index is 11.9. The molecule has 0 spiro atoms. The Morgan fingerprint density at radius 2 is 1.95 bits per heavy atom. The van der Waals surface area contributed by atoms with E-state index in [9.17, 15) is 14.4 Å². The van der Waals surface area contributed by atoms with Gasteiger partial charge in [0.1, 0.15) is 0 Å². The molecule has 0 heterocycles. The number of benzene rings is 1. The van der Waals surface area contributed by atoms with Gasteiger partial charge in [0.15, 0.2) is 0 Å². The van der Waals surface area contributed by atoms with Crippen LogP contribution in [0.5, 0.6) is 0 Å². The van der Waals surface area contributed by atoms with Gasteiger partial charge in [0.2, 0.25) is 11.8 Å². The lowest BCUT2D eigenvalue weighted by atomic mass is 10.2. The molecule has 7 heteroatoms. The van der Waals surface area contributed by atoms with Gasteiger partial charge >= 0.3 is 5.97 Å². The number of nitrogens with one attached hydrogen (secondary N) is 2. The van der Waals surface area contributed by atoms with Crippen LogP contribution in [0.2, 0.25) is 5.02 Å². The van der Waals surface area contributed by atoms with Crippen LogP contribution in [0, 0.1) is 11.8 Å². The van der Waals surface area contributed by atoms with Crippen LogP contribution in [0.3, 0.4) is 0 Å². The molecule has 0 saturated heterocycles. The number of carbonyl (C=O) groups is 3. The second kappa shape index (κ2) is 5.50. The molecule has 0 bridgehead atoms. The van der Waals surface area contributed by atoms with Gasteiger partial charge in [-0.05, 0) is 24.6 Å². The number of carboxylic acid groups (broad SMARTS) is 1. The fraction of sp³-hybridized carbons (Fsp3) is 0.308. The van der Waals surface area contributed by atoms with Crippen molar-refractivity contribution in [1.82, 2.24) is 0 Å². The van der Waals surface area contributed by atoms with Gasteiger partial charge in [0, 0.05) is 12.6 Å². The Morgan fingerprint density at radius 3 is 2.50 bits per heavy atom. The minimum absolute atomic E-state index is 0.238. The zero-order valence-corrected chi connectivity index (χ0v) is 11.4. The van der Waals surface area contributed by atoms with E-state index in [-0.39, 0.29) is 11.8 Å². The van der Waals surface area contributed by atoms with E-state index >= 15 is 0 Å². The molecule has 1 saturated carbocycles. The lowest BCUT2D eigenvalue weighted by Gasteiger charge is -2.09. The molecule has 2 unspecified atom stereocenters. The molecule has 6 nitrogen and oxygen atoms in total. The molecule has 1 aliphatic carbocycles. The molecular formula is C13H13ClN2O4. The predicted molar refractivity (Wildman–Crippen MR) is 73.6 cm³/mol. The third-order valence-corrected chi connectivity index (χ3v) is 3.32. The monoisotopic (exact) mass is 296 g/mol. The van der Waals surface area contributed by atoms with Crippen LogP contribution in [-0.2, 0) is 14.4 Å². The molecule has 1 fully saturated rings. The van der Waals surface area contributed by atoms with Crippen molar-refractivity contribution in [2.24, 2.45) is 11.8 Å². The van der Waals surface area contributed by atoms with Crippen molar-refractivity contribution in [1.29, 1.82) is 0 Å². The highest BCUT2D eigenvalue weighted by atomic mass is 35.5. The fourth-order valence-electron chi connectivity index (χ4n) is 1.89. The standard InChI is InChI=1S/C13H13ClN2O4/c1-6(17)15-7-2-3-10(14)11(4-7)16-12(18)8-5-9(8)13(19)20/h2-4,8-9H,5H2,1H3,(H,15,17)(H,16,18)(H,19,20). The van der Waals surface area contributed by atoms with E-state index in [1.165, 1.54) is 13.0 Å². The average Bonchev–Trinajstić information content (AvgIpc) is 3.13. The smallest absolute Gasteiger partial charge is 0.307 e. The molecule has 2 rings (SSSR count). The number of aliphatic carboxylic acids is 1. The second-order valence-corrected chi connectivity index (χ2v) is 5.06. The summed E-state index contributed by atoms with van der Waals surface area (Å²) in [5, 5.41) is 14.3. The van der Waals surface area contributed by atoms with E-state index in [1.807, 2.05) is 0 Å². The first-order valence-corrected chi connectivity index (χ1v) is 6.37. The SMILES string of the molecule is CC(=O)Nc1ccc(Cl)c(NC(=O)C2CC2C(=O)O)c1. The third-order valence-electron chi connectivity index (χ3n) is 2.99. The molecule has 2 atom stereocenters. The molecule has 0 aliphatic heterocycles. The van der Waals surface area contributed by atoms with Crippen LogP contribution in [-0.4, -0.2) is 22.9 Å². The third kappa shape index (κ3) is 3.27. The number of amides is 2. The number of carbonyl (C=O) groups excluding carboxylic acids is 2. The Bertz CT molecular complexity index is 588. The van der Waals surface area contributed by atoms with Crippen LogP contribution in [0.25, 0.3) is 0 Å². The summed E-state index contributed by atoms with van der Waals surface area (Å²) in [5.41, 5.74) is 0.849. The molecule has 2 amide bonds. The normalized spacial score (nSPS) is 20.1. The van der Waals surface area contributed by atoms with Crippen molar-refractivity contribution in [2.75, 3.05) is 10.6 Å². The molecule has 0 aromatic heterocycles. The van der Waals surface area contributed by atoms with E-state index in [0.29, 0.717) is 22.8 Å². The van der Waals surface area contributed by atoms with Crippen molar-refractivity contribution in [3.8, 4) is 0 Å². The number of hydrogen-bond acceptors (Lipinski definition) is 3. The Hall–Kier alpha value is -2.08. The lowest BCUT2D eigenvalue weighted by molar-refractivity contribution is -0.139. The van der Waals surface area contributed by atoms with Gasteiger partial charge in [-0.25, -0.2) is 0 Å². The van der Waals surface area contributed by atoms with Crippen LogP contribution in [0.15, 0.2) is 18.2 Å². The van der Waals surface area contributed by atoms with Crippen LogP contribution < -0.4 is 10.6 Å². The Labute approximate surface area is 120 Å². The van der Waals surface area contributed by atoms with Gasteiger partial charge in [-0.3, -0.25) is 14.4 Å². The number of halogens is 1. The summed E-state index contributed by atoms with van der Waals surface area (Å²) in [6.45, 7) is 1.37. The summed E-state index contributed by atoms with van der Waals surface area (Å²) in [5.74, 6) is -2.72. The summed E-state index contributed by atoms with van der Waals surface area (Å²) in [6, 6.07) is 4.68. The molecule has 1 aromatic carbocycles. The predicted octanol–water partition coefficient (Wildman–Crippen LogP) is 1.96. The zero-order valence-electron chi connectivity index (χ0n) is 10.6. The molecule has 3 N–H and O–H groups in total. The second-order valence-electron chi connectivity index (χ2n) is 4.65. The topological polar surface area (TPSA) is 95.5 Å². The van der Waals surface area contributed by atoms with Gasteiger partial charge in [-0.1, -0.05) is 11.6 Å². The van der Waals surface area contributed by atoms with Crippen molar-refractivity contribution in [2.45, 2.75) is 13.3 Å². The molecular weight excluding hydrogens is 284 g/mol. The highest BCUT2D eigenvalue weighted by Gasteiger charge is 2.48. The van der Waals surface area contributed by atoms with Gasteiger partial charge in [0.25, 0.3) is 0 Å². The average molecular weight is 297 g/mol. The minimum Gasteiger partial charge on any atom is -0.481 e. The van der Waals surface area contributed by atoms with Gasteiger partial charge in [0.05, 0.1) is 22.5 Å². The largest absolute Gasteiger partial charge is 0.481 e. The summed E-state index contributed by atoms with van der Waals surface area (Å²) in [7, 11) is 0. The van der Waals surface area contributed by atoms with Crippen molar-refractivity contribution < 1.29 is 19.5 Å². The summed E-state index contributed by atoms with van der Waals surface area (Å²) < 4.78 is 0. The first-order valence-electron chi connectivity index (χ1n) is 5.99. The van der Waals surface area contributed by atoms with E-state index in [1.54, 1.807) is 12.1 Å². The first-order chi connectivity index (χ1) is 9.38. The lowest BCUT2D eigenvalue weighted by Crippen LogP contribution is -2.17. The molecule has 0 radical (unpaired) electrons. The first kappa shape index (κ1) is 14.3. The van der Waals surface area contributed by atoms with Crippen LogP contribution in [0.1, 0.15) is 13.3 Å². The molecule has 1 aliphatic rings. The van der Waals surface area contributed by atoms with Crippen LogP contribution in [0.4, 0.5) is 11.4 Å². The number of carboxylic acids is 1. The van der Waals surface area contributed by atoms with E-state index in [4.69, 9.17) is 16.7 Å². The van der Waals surface area contributed by atoms with Crippen molar-refractivity contribution in [3.05, 3.63) is 23.2 Å². The highest BCUT2D eigenvalue weighted by Crippen LogP contribution is 2.40. The highest BCUT2D eigenvalue weighted by molar-refractivity contribution is 6.34. The Balaban J connectivity index is 2.07. The zero-order chi connectivity index (χ0) is 14.9. The van der Waals surface area contributed by atoms with Crippen molar-refractivity contribution >= 4 is 40.8 Å². The van der Waals surface area contributed by atoms with Crippen molar-refractivity contribution in [3.63, 3.8) is 0 Å². The Kier molecular flexibility index (Phi) is 3.94. The van der Waals surface area contributed by atoms with Gasteiger partial charge < -0.3 is 15.7 Å². The number of hydrogen-bond donors (Lipinski definition) is 3. The summed E-state index contributed by atoms with van der Waals surface area (Å²) >= 11 is 5.96. The molecule has 20 heavy (non-hydrogen) atoms. The van der Waals surface area contributed by atoms with Gasteiger partial charge in [-0.15, -0.1) is 0 Å². The Morgan fingerprint density at radius 1 is 1.25 bits per heavy atom. The minimum atomic E-state index is -0.969. The number of rotatable bonds is 4. The molecule has 1 aromatic rings. The van der Waals surface area contributed by atoms with E-state index in [2.05, 4.69) is 10.6 Å². The number of anilines is 2. The summed E-state index contributed by atoms with van der Waals surface area (Å²) in [4.78, 5) is 33.5. The molecule has 106 valence electrons. The maximum Gasteiger partial charge on any atom is 0.307 e. The van der Waals surface area contributed by atoms with Crippen LogP contribution >= 0.6 is 11.6 Å². The maximum atomic E-state index is 11.9. The fourth-order valence-corrected chi connectivity index (χ4v) is 2.05. The quantitative estimate of drug-likeness (QED) is 0.791. The van der Waals surface area contributed by atoms with E-state index in [0.717, 1.165) is 0 Å². The van der Waals surface area contributed by atoms with E-state index < -0.39 is 17.8 Å².